The predicted octanol–water partition coefficient (Wildman–Crippen LogP) is 2.82. The van der Waals surface area contributed by atoms with Crippen LogP contribution in [0.3, 0.4) is 0 Å². The Balaban J connectivity index is 1.74. The first-order valence-corrected chi connectivity index (χ1v) is 10.4. The van der Waals surface area contributed by atoms with Crippen molar-refractivity contribution in [3.8, 4) is 17.2 Å². The quantitative estimate of drug-likeness (QED) is 0.674. The van der Waals surface area contributed by atoms with Gasteiger partial charge in [0.15, 0.2) is 0 Å². The molecule has 1 aliphatic rings. The van der Waals surface area contributed by atoms with Crippen LogP contribution < -0.4 is 24.8 Å². The first-order valence-electron chi connectivity index (χ1n) is 10.4. The second kappa shape index (κ2) is 10.9. The number of nitrogens with one attached hydrogen (secondary N) is 2. The van der Waals surface area contributed by atoms with E-state index in [1.165, 1.54) is 0 Å². The molecule has 168 valence electrons. The molecule has 0 saturated carbocycles. The van der Waals surface area contributed by atoms with Crippen LogP contribution in [0.25, 0.3) is 0 Å². The van der Waals surface area contributed by atoms with E-state index in [9.17, 15) is 4.79 Å². The third-order valence-corrected chi connectivity index (χ3v) is 5.52. The molecular formula is C23H32N4O4. The van der Waals surface area contributed by atoms with Crippen LogP contribution in [-0.4, -0.2) is 76.9 Å². The molecule has 1 heterocycles. The molecule has 0 radical (unpaired) electrons. The van der Waals surface area contributed by atoms with Gasteiger partial charge in [-0.3, -0.25) is 4.90 Å². The van der Waals surface area contributed by atoms with Gasteiger partial charge in [-0.15, -0.1) is 0 Å². The fourth-order valence-corrected chi connectivity index (χ4v) is 3.59. The number of urea groups is 1. The summed E-state index contributed by atoms with van der Waals surface area (Å²) in [7, 11) is 6.93. The Morgan fingerprint density at radius 2 is 1.58 bits per heavy atom. The van der Waals surface area contributed by atoms with E-state index in [1.54, 1.807) is 39.5 Å². The number of hydrogen-bond donors (Lipinski definition) is 2. The van der Waals surface area contributed by atoms with Gasteiger partial charge in [0.25, 0.3) is 0 Å². The number of carbonyl (C=O) groups is 1. The zero-order chi connectivity index (χ0) is 22.2. The highest BCUT2D eigenvalue weighted by Crippen LogP contribution is 2.29. The average Bonchev–Trinajstić information content (AvgIpc) is 2.80. The summed E-state index contributed by atoms with van der Waals surface area (Å²) in [5, 5.41) is 6.02. The lowest BCUT2D eigenvalue weighted by atomic mass is 10.1. The molecule has 0 bridgehead atoms. The average molecular weight is 429 g/mol. The van der Waals surface area contributed by atoms with Crippen LogP contribution in [0.5, 0.6) is 17.2 Å². The van der Waals surface area contributed by atoms with Gasteiger partial charge in [-0.2, -0.15) is 0 Å². The van der Waals surface area contributed by atoms with Crippen LogP contribution >= 0.6 is 0 Å². The Morgan fingerprint density at radius 3 is 2.19 bits per heavy atom. The van der Waals surface area contributed by atoms with Crippen LogP contribution in [0.15, 0.2) is 42.5 Å². The summed E-state index contributed by atoms with van der Waals surface area (Å²) < 4.78 is 15.9. The summed E-state index contributed by atoms with van der Waals surface area (Å²) in [6, 6.07) is 12.6. The molecule has 3 rings (SSSR count). The number of methoxy groups -OCH3 is 3. The smallest absolute Gasteiger partial charge is 0.319 e. The first-order chi connectivity index (χ1) is 15.0. The van der Waals surface area contributed by atoms with Crippen molar-refractivity contribution in [1.29, 1.82) is 0 Å². The largest absolute Gasteiger partial charge is 0.497 e. The molecule has 2 aromatic rings. The van der Waals surface area contributed by atoms with E-state index in [-0.39, 0.29) is 12.1 Å². The van der Waals surface area contributed by atoms with E-state index >= 15 is 0 Å². The number of amides is 2. The highest BCUT2D eigenvalue weighted by molar-refractivity contribution is 5.91. The Kier molecular flexibility index (Phi) is 7.97. The molecule has 1 atom stereocenters. The zero-order valence-electron chi connectivity index (χ0n) is 18.7. The van der Waals surface area contributed by atoms with Gasteiger partial charge in [-0.1, -0.05) is 12.1 Å². The Labute approximate surface area is 184 Å². The lowest BCUT2D eigenvalue weighted by Gasteiger charge is -2.35. The maximum Gasteiger partial charge on any atom is 0.319 e. The second-order valence-corrected chi connectivity index (χ2v) is 7.59. The van der Waals surface area contributed by atoms with Crippen LogP contribution in [-0.2, 0) is 0 Å². The van der Waals surface area contributed by atoms with Crippen molar-refractivity contribution in [1.82, 2.24) is 15.1 Å². The van der Waals surface area contributed by atoms with Crippen LogP contribution in [0.2, 0.25) is 0 Å². The number of benzene rings is 2. The minimum absolute atomic E-state index is 0.175. The number of likely N-dealkylation sites (N-methyl/N-ethyl adjacent to an activating group) is 1. The van der Waals surface area contributed by atoms with Crippen molar-refractivity contribution in [2.24, 2.45) is 0 Å². The van der Waals surface area contributed by atoms with E-state index in [2.05, 4.69) is 27.5 Å². The monoisotopic (exact) mass is 428 g/mol. The topological polar surface area (TPSA) is 75.3 Å². The highest BCUT2D eigenvalue weighted by Gasteiger charge is 2.22. The van der Waals surface area contributed by atoms with Gasteiger partial charge in [0.1, 0.15) is 17.2 Å². The summed E-state index contributed by atoms with van der Waals surface area (Å²) >= 11 is 0. The number of carbonyl (C=O) groups excluding carboxylic acids is 1. The lowest BCUT2D eigenvalue weighted by Crippen LogP contribution is -2.48. The molecule has 2 amide bonds. The van der Waals surface area contributed by atoms with Crippen LogP contribution in [0.1, 0.15) is 11.6 Å². The fourth-order valence-electron chi connectivity index (χ4n) is 3.59. The fraction of sp³-hybridized carbons (Fsp3) is 0.435. The molecule has 8 nitrogen and oxygen atoms in total. The lowest BCUT2D eigenvalue weighted by molar-refractivity contribution is 0.143. The van der Waals surface area contributed by atoms with Crippen molar-refractivity contribution >= 4 is 11.7 Å². The highest BCUT2D eigenvalue weighted by atomic mass is 16.5. The molecule has 0 aromatic heterocycles. The Hall–Kier alpha value is -2.97. The van der Waals surface area contributed by atoms with Crippen LogP contribution in [0, 0.1) is 0 Å². The molecule has 1 saturated heterocycles. The van der Waals surface area contributed by atoms with Crippen molar-refractivity contribution in [3.05, 3.63) is 48.0 Å². The molecule has 2 aromatic carbocycles. The standard InChI is InChI=1S/C23H32N4O4/c1-26-11-13-27(14-12-26)16-21(17-5-7-18(29-2)8-6-17)25-23(28)24-20-15-19(30-3)9-10-22(20)31-4/h5-10,15,21H,11-14,16H2,1-4H3,(H2,24,25,28). The van der Waals surface area contributed by atoms with Gasteiger partial charge >= 0.3 is 6.03 Å². The van der Waals surface area contributed by atoms with Gasteiger partial charge in [-0.05, 0) is 36.9 Å². The molecule has 1 fully saturated rings. The van der Waals surface area contributed by atoms with Gasteiger partial charge in [0, 0.05) is 38.8 Å². The van der Waals surface area contributed by atoms with Crippen molar-refractivity contribution in [2.75, 3.05) is 66.4 Å². The molecule has 2 N–H and O–H groups in total. The van der Waals surface area contributed by atoms with Crippen LogP contribution in [0.4, 0.5) is 10.5 Å². The van der Waals surface area contributed by atoms with Gasteiger partial charge < -0.3 is 29.7 Å². The number of ether oxygens (including phenoxy) is 3. The van der Waals surface area contributed by atoms with Crippen molar-refractivity contribution in [2.45, 2.75) is 6.04 Å². The Bertz CT molecular complexity index is 851. The number of rotatable bonds is 8. The normalized spacial score (nSPS) is 15.7. The maximum absolute atomic E-state index is 12.9. The third kappa shape index (κ3) is 6.26. The molecular weight excluding hydrogens is 396 g/mol. The molecule has 1 unspecified atom stereocenters. The SMILES string of the molecule is COc1ccc(C(CN2CCN(C)CC2)NC(=O)Nc2cc(OC)ccc2OC)cc1. The second-order valence-electron chi connectivity index (χ2n) is 7.59. The van der Waals surface area contributed by atoms with E-state index in [4.69, 9.17) is 14.2 Å². The number of nitrogens with zero attached hydrogens (tertiary/aromatic N) is 2. The van der Waals surface area contributed by atoms with E-state index in [0.29, 0.717) is 17.2 Å². The molecule has 1 aliphatic heterocycles. The summed E-state index contributed by atoms with van der Waals surface area (Å²) in [5.41, 5.74) is 1.57. The maximum atomic E-state index is 12.9. The number of anilines is 1. The summed E-state index contributed by atoms with van der Waals surface area (Å²) in [4.78, 5) is 17.6. The molecule has 0 aliphatic carbocycles. The van der Waals surface area contributed by atoms with E-state index in [0.717, 1.165) is 44.0 Å². The van der Waals surface area contributed by atoms with Crippen molar-refractivity contribution < 1.29 is 19.0 Å². The first kappa shape index (κ1) is 22.7. The number of hydrogen-bond acceptors (Lipinski definition) is 6. The van der Waals surface area contributed by atoms with E-state index < -0.39 is 0 Å². The van der Waals surface area contributed by atoms with Gasteiger partial charge in [0.05, 0.1) is 33.1 Å². The minimum atomic E-state index is -0.304. The molecule has 0 spiro atoms. The Morgan fingerprint density at radius 1 is 0.935 bits per heavy atom. The predicted molar refractivity (Wildman–Crippen MR) is 121 cm³/mol. The third-order valence-electron chi connectivity index (χ3n) is 5.52. The summed E-state index contributed by atoms with van der Waals surface area (Å²) in [6.45, 7) is 4.69. The molecule has 8 heteroatoms. The minimum Gasteiger partial charge on any atom is -0.497 e. The number of piperazine rings is 1. The summed E-state index contributed by atoms with van der Waals surface area (Å²) in [6.07, 6.45) is 0. The van der Waals surface area contributed by atoms with E-state index in [1.807, 2.05) is 24.3 Å². The zero-order valence-corrected chi connectivity index (χ0v) is 18.7. The van der Waals surface area contributed by atoms with Gasteiger partial charge in [-0.25, -0.2) is 4.79 Å². The van der Waals surface area contributed by atoms with Gasteiger partial charge in [0.2, 0.25) is 0 Å². The summed E-state index contributed by atoms with van der Waals surface area (Å²) in [5.74, 6) is 1.99. The molecule has 31 heavy (non-hydrogen) atoms. The van der Waals surface area contributed by atoms with Crippen molar-refractivity contribution in [3.63, 3.8) is 0 Å².